The van der Waals surface area contributed by atoms with E-state index < -0.39 is 0 Å². The lowest BCUT2D eigenvalue weighted by molar-refractivity contribution is -0.116. The van der Waals surface area contributed by atoms with Crippen LogP contribution in [0.4, 0.5) is 5.13 Å². The molecule has 0 saturated heterocycles. The smallest absolute Gasteiger partial charge is 0.226 e. The summed E-state index contributed by atoms with van der Waals surface area (Å²) < 4.78 is 7.08. The fraction of sp³-hybridized carbons (Fsp3) is 0.278. The summed E-state index contributed by atoms with van der Waals surface area (Å²) >= 11 is 7.31. The molecule has 0 aliphatic heterocycles. The Morgan fingerprint density at radius 2 is 2.00 bits per heavy atom. The second-order valence-electron chi connectivity index (χ2n) is 5.81. The van der Waals surface area contributed by atoms with E-state index >= 15 is 0 Å². The van der Waals surface area contributed by atoms with Gasteiger partial charge in [0.2, 0.25) is 11.0 Å². The quantitative estimate of drug-likeness (QED) is 0.632. The van der Waals surface area contributed by atoms with Gasteiger partial charge in [-0.1, -0.05) is 35.1 Å². The first kappa shape index (κ1) is 18.6. The van der Waals surface area contributed by atoms with Crippen molar-refractivity contribution in [3.63, 3.8) is 0 Å². The zero-order valence-corrected chi connectivity index (χ0v) is 15.8. The van der Waals surface area contributed by atoms with Crippen LogP contribution >= 0.6 is 22.9 Å². The van der Waals surface area contributed by atoms with Crippen LogP contribution in [0.5, 0.6) is 0 Å². The SMILES string of the molecule is COCc1nnc(NC(=O)CC(Cn2cccc2)c2ccc(Cl)cc2)s1. The molecule has 1 N–H and O–H groups in total. The molecule has 0 fully saturated rings. The maximum Gasteiger partial charge on any atom is 0.226 e. The number of anilines is 1. The fourth-order valence-corrected chi connectivity index (χ4v) is 3.50. The minimum absolute atomic E-state index is 0.0195. The monoisotopic (exact) mass is 390 g/mol. The lowest BCUT2D eigenvalue weighted by atomic mass is 9.95. The van der Waals surface area contributed by atoms with Crippen LogP contribution in [0.1, 0.15) is 22.9 Å². The van der Waals surface area contributed by atoms with E-state index in [0.717, 1.165) is 10.6 Å². The van der Waals surface area contributed by atoms with Gasteiger partial charge < -0.3 is 14.6 Å². The molecule has 136 valence electrons. The highest BCUT2D eigenvalue weighted by Gasteiger charge is 2.18. The number of rotatable bonds is 8. The maximum absolute atomic E-state index is 12.5. The van der Waals surface area contributed by atoms with Gasteiger partial charge in [0.25, 0.3) is 0 Å². The van der Waals surface area contributed by atoms with Crippen molar-refractivity contribution in [3.05, 3.63) is 64.4 Å². The Morgan fingerprint density at radius 3 is 2.69 bits per heavy atom. The van der Waals surface area contributed by atoms with Crippen molar-refractivity contribution in [1.29, 1.82) is 0 Å². The van der Waals surface area contributed by atoms with Crippen molar-refractivity contribution in [2.45, 2.75) is 25.5 Å². The van der Waals surface area contributed by atoms with Gasteiger partial charge in [-0.3, -0.25) is 4.79 Å². The third-order valence-electron chi connectivity index (χ3n) is 3.85. The van der Waals surface area contributed by atoms with E-state index in [1.165, 1.54) is 11.3 Å². The van der Waals surface area contributed by atoms with Gasteiger partial charge >= 0.3 is 0 Å². The molecule has 8 heteroatoms. The Balaban J connectivity index is 1.69. The van der Waals surface area contributed by atoms with Crippen LogP contribution in [0.3, 0.4) is 0 Å². The molecular formula is C18H19ClN4O2S. The Morgan fingerprint density at radius 1 is 1.27 bits per heavy atom. The van der Waals surface area contributed by atoms with Crippen molar-refractivity contribution in [3.8, 4) is 0 Å². The van der Waals surface area contributed by atoms with E-state index in [9.17, 15) is 4.79 Å². The molecule has 1 unspecified atom stereocenters. The lowest BCUT2D eigenvalue weighted by Crippen LogP contribution is -2.18. The number of benzene rings is 1. The Bertz CT molecular complexity index is 833. The number of halogens is 1. The molecule has 0 aliphatic carbocycles. The van der Waals surface area contributed by atoms with Crippen LogP contribution < -0.4 is 5.32 Å². The average Bonchev–Trinajstić information content (AvgIpc) is 3.27. The van der Waals surface area contributed by atoms with Crippen molar-refractivity contribution in [1.82, 2.24) is 14.8 Å². The summed E-state index contributed by atoms with van der Waals surface area (Å²) in [6.07, 6.45) is 4.31. The largest absolute Gasteiger partial charge is 0.377 e. The second-order valence-corrected chi connectivity index (χ2v) is 7.31. The summed E-state index contributed by atoms with van der Waals surface area (Å²) in [6.45, 7) is 1.08. The number of nitrogens with zero attached hydrogens (tertiary/aromatic N) is 3. The number of amides is 1. The molecule has 0 spiro atoms. The van der Waals surface area contributed by atoms with Gasteiger partial charge in [-0.15, -0.1) is 10.2 Å². The molecule has 1 aromatic carbocycles. The van der Waals surface area contributed by atoms with Gasteiger partial charge in [0.1, 0.15) is 11.6 Å². The minimum Gasteiger partial charge on any atom is -0.377 e. The highest BCUT2D eigenvalue weighted by atomic mass is 35.5. The van der Waals surface area contributed by atoms with E-state index in [1.807, 2.05) is 48.8 Å². The second kappa shape index (κ2) is 8.93. The van der Waals surface area contributed by atoms with Crippen LogP contribution in [0.25, 0.3) is 0 Å². The van der Waals surface area contributed by atoms with Crippen molar-refractivity contribution in [2.24, 2.45) is 0 Å². The first-order valence-corrected chi connectivity index (χ1v) is 9.31. The summed E-state index contributed by atoms with van der Waals surface area (Å²) in [5.74, 6) is -0.0803. The molecule has 6 nitrogen and oxygen atoms in total. The van der Waals surface area contributed by atoms with Crippen LogP contribution in [0.2, 0.25) is 5.02 Å². The maximum atomic E-state index is 12.5. The van der Waals surface area contributed by atoms with Crippen molar-refractivity contribution in [2.75, 3.05) is 12.4 Å². The number of carbonyl (C=O) groups excluding carboxylic acids is 1. The van der Waals surface area contributed by atoms with Crippen LogP contribution in [0.15, 0.2) is 48.8 Å². The molecule has 0 saturated carbocycles. The Labute approximate surface area is 160 Å². The van der Waals surface area contributed by atoms with Gasteiger partial charge in [0, 0.05) is 43.4 Å². The molecule has 3 aromatic rings. The molecule has 26 heavy (non-hydrogen) atoms. The van der Waals surface area contributed by atoms with Crippen LogP contribution in [-0.4, -0.2) is 27.8 Å². The highest BCUT2D eigenvalue weighted by Crippen LogP contribution is 2.25. The number of nitrogens with one attached hydrogen (secondary N) is 1. The van der Waals surface area contributed by atoms with Gasteiger partial charge in [-0.2, -0.15) is 0 Å². The first-order valence-electron chi connectivity index (χ1n) is 8.11. The zero-order valence-electron chi connectivity index (χ0n) is 14.3. The van der Waals surface area contributed by atoms with Gasteiger partial charge in [0.05, 0.1) is 0 Å². The zero-order chi connectivity index (χ0) is 18.4. The third-order valence-corrected chi connectivity index (χ3v) is 4.92. The van der Waals surface area contributed by atoms with E-state index in [1.54, 1.807) is 7.11 Å². The summed E-state index contributed by atoms with van der Waals surface area (Å²) in [5, 5.41) is 12.7. The first-order chi connectivity index (χ1) is 12.6. The molecule has 2 aromatic heterocycles. The Hall–Kier alpha value is -2.22. The number of hydrogen-bond donors (Lipinski definition) is 1. The molecular weight excluding hydrogens is 372 g/mol. The average molecular weight is 391 g/mol. The summed E-state index contributed by atoms with van der Waals surface area (Å²) in [7, 11) is 1.59. The normalized spacial score (nSPS) is 12.1. The van der Waals surface area contributed by atoms with E-state index in [2.05, 4.69) is 20.1 Å². The topological polar surface area (TPSA) is 69.0 Å². The van der Waals surface area contributed by atoms with Crippen LogP contribution in [-0.2, 0) is 22.7 Å². The minimum atomic E-state index is -0.0998. The lowest BCUT2D eigenvalue weighted by Gasteiger charge is -2.18. The van der Waals surface area contributed by atoms with E-state index in [0.29, 0.717) is 29.7 Å². The van der Waals surface area contributed by atoms with Crippen molar-refractivity contribution >= 4 is 34.0 Å². The number of hydrogen-bond acceptors (Lipinski definition) is 5. The summed E-state index contributed by atoms with van der Waals surface area (Å²) in [6, 6.07) is 11.6. The molecule has 0 aliphatic rings. The number of aromatic nitrogens is 3. The standard InChI is InChI=1S/C18H19ClN4O2S/c1-25-12-17-21-22-18(26-17)20-16(24)10-14(11-23-8-2-3-9-23)13-4-6-15(19)7-5-13/h2-9,14H,10-12H2,1H3,(H,20,22,24). The summed E-state index contributed by atoms with van der Waals surface area (Å²) in [5.41, 5.74) is 1.07. The molecule has 1 atom stereocenters. The Kier molecular flexibility index (Phi) is 6.38. The van der Waals surface area contributed by atoms with E-state index in [4.69, 9.17) is 16.3 Å². The summed E-state index contributed by atoms with van der Waals surface area (Å²) in [4.78, 5) is 12.5. The highest BCUT2D eigenvalue weighted by molar-refractivity contribution is 7.15. The molecule has 3 rings (SSSR count). The molecule has 1 amide bonds. The van der Waals surface area contributed by atoms with Gasteiger partial charge in [0.15, 0.2) is 0 Å². The third kappa shape index (κ3) is 5.14. The number of methoxy groups -OCH3 is 1. The predicted octanol–water partition coefficient (Wildman–Crippen LogP) is 3.95. The van der Waals surface area contributed by atoms with Crippen LogP contribution in [0, 0.1) is 0 Å². The molecule has 0 bridgehead atoms. The molecule has 0 radical (unpaired) electrons. The van der Waals surface area contributed by atoms with Crippen molar-refractivity contribution < 1.29 is 9.53 Å². The predicted molar refractivity (Wildman–Crippen MR) is 102 cm³/mol. The molecule has 2 heterocycles. The number of carbonyl (C=O) groups is 1. The number of ether oxygens (including phenoxy) is 1. The van der Waals surface area contributed by atoms with Gasteiger partial charge in [-0.05, 0) is 29.8 Å². The van der Waals surface area contributed by atoms with Gasteiger partial charge in [-0.25, -0.2) is 0 Å². The van der Waals surface area contributed by atoms with E-state index in [-0.39, 0.29) is 11.8 Å². The fourth-order valence-electron chi connectivity index (χ4n) is 2.65.